The van der Waals surface area contributed by atoms with Crippen molar-refractivity contribution >= 4 is 5.97 Å². The molecule has 0 fully saturated rings. The van der Waals surface area contributed by atoms with E-state index in [-0.39, 0.29) is 17.7 Å². The SMILES string of the molecule is N#Cc1cc(C#CCC(=O)O)ccc1O. The number of nitriles is 1. The molecule has 0 spiro atoms. The Balaban J connectivity index is 2.92. The van der Waals surface area contributed by atoms with E-state index >= 15 is 0 Å². The summed E-state index contributed by atoms with van der Waals surface area (Å²) < 4.78 is 0. The summed E-state index contributed by atoms with van der Waals surface area (Å²) in [5, 5.41) is 26.1. The van der Waals surface area contributed by atoms with E-state index in [0.717, 1.165) is 0 Å². The molecule has 0 aliphatic heterocycles. The maximum atomic E-state index is 10.2. The Bertz CT molecular complexity index is 489. The van der Waals surface area contributed by atoms with Gasteiger partial charge in [0.15, 0.2) is 0 Å². The molecule has 2 N–H and O–H groups in total. The van der Waals surface area contributed by atoms with Crippen molar-refractivity contribution in [2.75, 3.05) is 0 Å². The first-order valence-electron chi connectivity index (χ1n) is 4.07. The lowest BCUT2D eigenvalue weighted by atomic mass is 10.1. The first kappa shape index (κ1) is 10.6. The van der Waals surface area contributed by atoms with Crippen LogP contribution in [0.25, 0.3) is 0 Å². The number of carbonyl (C=O) groups is 1. The second kappa shape index (κ2) is 4.69. The lowest BCUT2D eigenvalue weighted by molar-refractivity contribution is -0.135. The molecule has 0 aliphatic rings. The molecule has 0 bridgehead atoms. The highest BCUT2D eigenvalue weighted by Crippen LogP contribution is 2.16. The molecular weight excluding hydrogens is 194 g/mol. The standard InChI is InChI=1S/C11H7NO3/c12-7-9-6-8(4-5-10(9)13)2-1-3-11(14)15/h4-6,13H,3H2,(H,14,15). The molecule has 15 heavy (non-hydrogen) atoms. The number of carboxylic acid groups (broad SMARTS) is 1. The molecule has 0 atom stereocenters. The van der Waals surface area contributed by atoms with E-state index in [9.17, 15) is 9.90 Å². The Morgan fingerprint density at radius 2 is 2.20 bits per heavy atom. The highest BCUT2D eigenvalue weighted by atomic mass is 16.4. The Labute approximate surface area is 86.4 Å². The van der Waals surface area contributed by atoms with Crippen LogP contribution in [0.4, 0.5) is 0 Å². The summed E-state index contributed by atoms with van der Waals surface area (Å²) >= 11 is 0. The van der Waals surface area contributed by atoms with Crippen LogP contribution < -0.4 is 0 Å². The quantitative estimate of drug-likeness (QED) is 0.666. The Morgan fingerprint density at radius 3 is 2.80 bits per heavy atom. The molecule has 0 aromatic heterocycles. The molecule has 0 heterocycles. The number of hydrogen-bond donors (Lipinski definition) is 2. The van der Waals surface area contributed by atoms with Crippen molar-refractivity contribution in [3.05, 3.63) is 29.3 Å². The number of rotatable bonds is 1. The van der Waals surface area contributed by atoms with Gasteiger partial charge in [0.1, 0.15) is 18.2 Å². The second-order valence-corrected chi connectivity index (χ2v) is 2.72. The first-order chi connectivity index (χ1) is 7.13. The zero-order chi connectivity index (χ0) is 11.3. The third kappa shape index (κ3) is 3.06. The van der Waals surface area contributed by atoms with Crippen molar-refractivity contribution in [2.45, 2.75) is 6.42 Å². The molecule has 1 aromatic carbocycles. The van der Waals surface area contributed by atoms with Gasteiger partial charge >= 0.3 is 5.97 Å². The predicted octanol–water partition coefficient (Wildman–Crippen LogP) is 1.09. The average molecular weight is 201 g/mol. The minimum absolute atomic E-state index is 0.110. The number of nitrogens with zero attached hydrogens (tertiary/aromatic N) is 1. The summed E-state index contributed by atoms with van der Waals surface area (Å²) in [7, 11) is 0. The van der Waals surface area contributed by atoms with E-state index < -0.39 is 5.97 Å². The highest BCUT2D eigenvalue weighted by Gasteiger charge is 1.99. The monoisotopic (exact) mass is 201 g/mol. The number of phenols is 1. The van der Waals surface area contributed by atoms with Crippen LogP contribution in [-0.2, 0) is 4.79 Å². The second-order valence-electron chi connectivity index (χ2n) is 2.72. The largest absolute Gasteiger partial charge is 0.507 e. The lowest BCUT2D eigenvalue weighted by Gasteiger charge is -1.95. The molecule has 4 heteroatoms. The fraction of sp³-hybridized carbons (Fsp3) is 0.0909. The van der Waals surface area contributed by atoms with Gasteiger partial charge in [-0.25, -0.2) is 0 Å². The summed E-state index contributed by atoms with van der Waals surface area (Å²) in [5.41, 5.74) is 0.628. The van der Waals surface area contributed by atoms with Gasteiger partial charge in [-0.05, 0) is 18.2 Å². The molecule has 0 amide bonds. The summed E-state index contributed by atoms with van der Waals surface area (Å²) in [6, 6.07) is 6.08. The predicted molar refractivity (Wildman–Crippen MR) is 52.0 cm³/mol. The van der Waals surface area contributed by atoms with E-state index in [2.05, 4.69) is 11.8 Å². The average Bonchev–Trinajstić information content (AvgIpc) is 2.20. The molecule has 0 saturated carbocycles. The first-order valence-corrected chi connectivity index (χ1v) is 4.07. The number of aromatic hydroxyl groups is 1. The topological polar surface area (TPSA) is 81.3 Å². The zero-order valence-electron chi connectivity index (χ0n) is 7.69. The smallest absolute Gasteiger partial charge is 0.315 e. The number of phenolic OH excluding ortho intramolecular Hbond substituents is 1. The van der Waals surface area contributed by atoms with Gasteiger partial charge in [-0.15, -0.1) is 0 Å². The van der Waals surface area contributed by atoms with Crippen LogP contribution in [0.3, 0.4) is 0 Å². The van der Waals surface area contributed by atoms with Crippen LogP contribution in [0.1, 0.15) is 17.5 Å². The fourth-order valence-electron chi connectivity index (χ4n) is 0.925. The highest BCUT2D eigenvalue weighted by molar-refractivity contribution is 5.70. The van der Waals surface area contributed by atoms with E-state index in [1.54, 1.807) is 6.07 Å². The summed E-state index contributed by atoms with van der Waals surface area (Å²) in [6.45, 7) is 0. The molecule has 0 saturated heterocycles. The van der Waals surface area contributed by atoms with Crippen LogP contribution in [-0.4, -0.2) is 16.2 Å². The van der Waals surface area contributed by atoms with E-state index in [4.69, 9.17) is 10.4 Å². The molecule has 1 rings (SSSR count). The normalized spacial score (nSPS) is 8.47. The third-order valence-electron chi connectivity index (χ3n) is 1.59. The van der Waals surface area contributed by atoms with Gasteiger partial charge in [0.2, 0.25) is 0 Å². The van der Waals surface area contributed by atoms with Gasteiger partial charge in [0.25, 0.3) is 0 Å². The number of aliphatic carboxylic acids is 1. The van der Waals surface area contributed by atoms with Gasteiger partial charge in [-0.3, -0.25) is 4.79 Å². The van der Waals surface area contributed by atoms with Crippen molar-refractivity contribution in [2.24, 2.45) is 0 Å². The van der Waals surface area contributed by atoms with Crippen LogP contribution >= 0.6 is 0 Å². The van der Waals surface area contributed by atoms with E-state index in [1.807, 2.05) is 0 Å². The van der Waals surface area contributed by atoms with Gasteiger partial charge in [-0.2, -0.15) is 5.26 Å². The third-order valence-corrected chi connectivity index (χ3v) is 1.59. The summed E-state index contributed by atoms with van der Waals surface area (Å²) in [5.74, 6) is 3.91. The maximum absolute atomic E-state index is 10.2. The summed E-state index contributed by atoms with van der Waals surface area (Å²) in [6.07, 6.45) is -0.247. The van der Waals surface area contributed by atoms with Gasteiger partial charge in [0.05, 0.1) is 5.56 Å². The molecule has 0 unspecified atom stereocenters. The van der Waals surface area contributed by atoms with Crippen molar-refractivity contribution in [3.63, 3.8) is 0 Å². The Hall–Kier alpha value is -2.46. The zero-order valence-corrected chi connectivity index (χ0v) is 7.69. The molecule has 4 nitrogen and oxygen atoms in total. The molecule has 74 valence electrons. The number of carboxylic acids is 1. The molecule has 0 radical (unpaired) electrons. The number of hydrogen-bond acceptors (Lipinski definition) is 3. The van der Waals surface area contributed by atoms with Crippen molar-refractivity contribution in [1.82, 2.24) is 0 Å². The van der Waals surface area contributed by atoms with Gasteiger partial charge in [-0.1, -0.05) is 11.8 Å². The van der Waals surface area contributed by atoms with Crippen molar-refractivity contribution in [1.29, 1.82) is 5.26 Å². The lowest BCUT2D eigenvalue weighted by Crippen LogP contribution is -1.90. The van der Waals surface area contributed by atoms with Crippen LogP contribution in [0.2, 0.25) is 0 Å². The minimum Gasteiger partial charge on any atom is -0.507 e. The maximum Gasteiger partial charge on any atom is 0.315 e. The van der Waals surface area contributed by atoms with E-state index in [1.165, 1.54) is 18.2 Å². The molecule has 1 aromatic rings. The van der Waals surface area contributed by atoms with Crippen molar-refractivity contribution in [3.8, 4) is 23.7 Å². The van der Waals surface area contributed by atoms with E-state index in [0.29, 0.717) is 5.56 Å². The fourth-order valence-corrected chi connectivity index (χ4v) is 0.925. The Morgan fingerprint density at radius 1 is 1.47 bits per heavy atom. The summed E-state index contributed by atoms with van der Waals surface area (Å²) in [4.78, 5) is 10.2. The Kier molecular flexibility index (Phi) is 3.32. The van der Waals surface area contributed by atoms with Gasteiger partial charge in [0, 0.05) is 5.56 Å². The van der Waals surface area contributed by atoms with Crippen LogP contribution in [0, 0.1) is 23.2 Å². The van der Waals surface area contributed by atoms with Crippen molar-refractivity contribution < 1.29 is 15.0 Å². The molecule has 0 aliphatic carbocycles. The number of benzene rings is 1. The van der Waals surface area contributed by atoms with Crippen LogP contribution in [0.15, 0.2) is 18.2 Å². The van der Waals surface area contributed by atoms with Gasteiger partial charge < -0.3 is 10.2 Å². The molecular formula is C11H7NO3. The minimum atomic E-state index is -0.998. The van der Waals surface area contributed by atoms with Crippen LogP contribution in [0.5, 0.6) is 5.75 Å².